The molecule has 0 spiro atoms. The van der Waals surface area contributed by atoms with Gasteiger partial charge in [0.2, 0.25) is 5.91 Å². The third kappa shape index (κ3) is 4.45. The van der Waals surface area contributed by atoms with Crippen LogP contribution in [-0.2, 0) is 4.79 Å². The Labute approximate surface area is 155 Å². The predicted molar refractivity (Wildman–Crippen MR) is 107 cm³/mol. The summed E-state index contributed by atoms with van der Waals surface area (Å²) in [5, 5.41) is 0. The highest BCUT2D eigenvalue weighted by Crippen LogP contribution is 2.26. The first-order chi connectivity index (χ1) is 12.5. The van der Waals surface area contributed by atoms with Crippen LogP contribution >= 0.6 is 0 Å². The number of rotatable bonds is 6. The average molecular weight is 350 g/mol. The van der Waals surface area contributed by atoms with Gasteiger partial charge in [0, 0.05) is 12.2 Å². The Hall–Kier alpha value is -2.75. The van der Waals surface area contributed by atoms with E-state index < -0.39 is 0 Å². The molecule has 4 heteroatoms. The van der Waals surface area contributed by atoms with Crippen LogP contribution in [0.4, 0.5) is 5.69 Å². The van der Waals surface area contributed by atoms with E-state index in [0.717, 1.165) is 42.0 Å². The van der Waals surface area contributed by atoms with Crippen molar-refractivity contribution in [2.45, 2.75) is 38.8 Å². The van der Waals surface area contributed by atoms with Crippen LogP contribution in [0.5, 0.6) is 5.75 Å². The number of nitrogens with zero attached hydrogens (tertiary/aromatic N) is 1. The second-order valence-electron chi connectivity index (χ2n) is 6.91. The van der Waals surface area contributed by atoms with Gasteiger partial charge in [-0.1, -0.05) is 36.4 Å². The fraction of sp³-hybridized carbons (Fsp3) is 0.318. The number of carbonyl (C=O) groups is 1. The fourth-order valence-electron chi connectivity index (χ4n) is 3.27. The second-order valence-corrected chi connectivity index (χ2v) is 6.91. The van der Waals surface area contributed by atoms with Crippen LogP contribution in [0.2, 0.25) is 0 Å². The Morgan fingerprint density at radius 1 is 1.08 bits per heavy atom. The van der Waals surface area contributed by atoms with Crippen molar-refractivity contribution in [2.75, 3.05) is 11.4 Å². The van der Waals surface area contributed by atoms with Crippen molar-refractivity contribution < 1.29 is 9.53 Å². The van der Waals surface area contributed by atoms with Gasteiger partial charge in [-0.25, -0.2) is 0 Å². The predicted octanol–water partition coefficient (Wildman–Crippen LogP) is 4.10. The highest BCUT2D eigenvalue weighted by atomic mass is 16.5. The summed E-state index contributed by atoms with van der Waals surface area (Å²) in [5.41, 5.74) is 8.80. The molecule has 1 aliphatic rings. The largest absolute Gasteiger partial charge is 0.491 e. The van der Waals surface area contributed by atoms with E-state index in [4.69, 9.17) is 10.5 Å². The van der Waals surface area contributed by atoms with Gasteiger partial charge >= 0.3 is 0 Å². The maximum absolute atomic E-state index is 11.6. The molecular formula is C22H26N2O2. The summed E-state index contributed by atoms with van der Waals surface area (Å²) in [4.78, 5) is 13.7. The third-order valence-electron chi connectivity index (χ3n) is 4.53. The molecule has 2 N–H and O–H groups in total. The Bertz CT molecular complexity index is 764. The van der Waals surface area contributed by atoms with Gasteiger partial charge in [-0.2, -0.15) is 0 Å². The molecule has 1 aliphatic heterocycles. The SMILES string of the molecule is CC(C)Oc1ccc(/C=C/c2ccc(N3CCC[C@@H]3C(N)=O)cc2)cc1. The number of benzene rings is 2. The van der Waals surface area contributed by atoms with Crippen molar-refractivity contribution >= 4 is 23.7 Å². The number of anilines is 1. The van der Waals surface area contributed by atoms with Gasteiger partial charge in [0.1, 0.15) is 11.8 Å². The second kappa shape index (κ2) is 8.09. The summed E-state index contributed by atoms with van der Waals surface area (Å²) < 4.78 is 5.66. The van der Waals surface area contributed by atoms with Crippen molar-refractivity contribution in [3.63, 3.8) is 0 Å². The van der Waals surface area contributed by atoms with Gasteiger partial charge in [0.15, 0.2) is 0 Å². The minimum atomic E-state index is -0.239. The molecule has 2 aromatic carbocycles. The zero-order chi connectivity index (χ0) is 18.5. The molecule has 2 aromatic rings. The fourth-order valence-corrected chi connectivity index (χ4v) is 3.27. The summed E-state index contributed by atoms with van der Waals surface area (Å²) in [6, 6.07) is 16.1. The number of carbonyl (C=O) groups excluding carboxylic acids is 1. The number of hydrogen-bond donors (Lipinski definition) is 1. The van der Waals surface area contributed by atoms with Gasteiger partial charge in [-0.05, 0) is 62.1 Å². The topological polar surface area (TPSA) is 55.6 Å². The van der Waals surface area contributed by atoms with Crippen LogP contribution in [0.3, 0.4) is 0 Å². The minimum absolute atomic E-state index is 0.178. The minimum Gasteiger partial charge on any atom is -0.491 e. The summed E-state index contributed by atoms with van der Waals surface area (Å²) in [6.07, 6.45) is 6.19. The molecule has 0 unspecified atom stereocenters. The zero-order valence-electron chi connectivity index (χ0n) is 15.4. The Kier molecular flexibility index (Phi) is 5.61. The molecule has 136 valence electrons. The van der Waals surface area contributed by atoms with E-state index >= 15 is 0 Å². The quantitative estimate of drug-likeness (QED) is 0.798. The molecule has 0 bridgehead atoms. The molecule has 1 heterocycles. The number of hydrogen-bond acceptors (Lipinski definition) is 3. The third-order valence-corrected chi connectivity index (χ3v) is 4.53. The van der Waals surface area contributed by atoms with Crippen LogP contribution in [0.1, 0.15) is 37.8 Å². The molecule has 0 aliphatic carbocycles. The molecule has 1 saturated heterocycles. The van der Waals surface area contributed by atoms with Gasteiger partial charge < -0.3 is 15.4 Å². The van der Waals surface area contributed by atoms with Gasteiger partial charge in [0.05, 0.1) is 6.10 Å². The summed E-state index contributed by atoms with van der Waals surface area (Å²) in [7, 11) is 0. The molecular weight excluding hydrogens is 324 g/mol. The van der Waals surface area contributed by atoms with E-state index in [2.05, 4.69) is 41.3 Å². The van der Waals surface area contributed by atoms with E-state index in [0.29, 0.717) is 0 Å². The van der Waals surface area contributed by atoms with Gasteiger partial charge in [0.25, 0.3) is 0 Å². The number of ether oxygens (including phenoxy) is 1. The van der Waals surface area contributed by atoms with Crippen molar-refractivity contribution in [3.05, 3.63) is 59.7 Å². The molecule has 1 amide bonds. The number of amides is 1. The molecule has 1 fully saturated rings. The van der Waals surface area contributed by atoms with Crippen molar-refractivity contribution in [3.8, 4) is 5.75 Å². The van der Waals surface area contributed by atoms with Crippen LogP contribution in [-0.4, -0.2) is 24.6 Å². The number of nitrogens with two attached hydrogens (primary N) is 1. The van der Waals surface area contributed by atoms with Crippen molar-refractivity contribution in [1.29, 1.82) is 0 Å². The lowest BCUT2D eigenvalue weighted by Crippen LogP contribution is -2.40. The lowest BCUT2D eigenvalue weighted by Gasteiger charge is -2.24. The first-order valence-corrected chi connectivity index (χ1v) is 9.14. The first kappa shape index (κ1) is 18.1. The first-order valence-electron chi connectivity index (χ1n) is 9.14. The monoisotopic (exact) mass is 350 g/mol. The standard InChI is InChI=1S/C22H26N2O2/c1-16(2)26-20-13-9-18(10-14-20)6-5-17-7-11-19(12-8-17)24-15-3-4-21(24)22(23)25/h5-14,16,21H,3-4,15H2,1-2H3,(H2,23,25)/b6-5+/t21-/m1/s1. The molecule has 0 saturated carbocycles. The van der Waals surface area contributed by atoms with E-state index in [1.807, 2.05) is 38.1 Å². The normalized spacial score (nSPS) is 17.2. The molecule has 0 radical (unpaired) electrons. The van der Waals surface area contributed by atoms with E-state index in [1.165, 1.54) is 0 Å². The molecule has 1 atom stereocenters. The van der Waals surface area contributed by atoms with Crippen molar-refractivity contribution in [2.24, 2.45) is 5.73 Å². The van der Waals surface area contributed by atoms with E-state index in [1.54, 1.807) is 0 Å². The maximum atomic E-state index is 11.6. The lowest BCUT2D eigenvalue weighted by molar-refractivity contribution is -0.119. The Morgan fingerprint density at radius 3 is 2.19 bits per heavy atom. The smallest absolute Gasteiger partial charge is 0.240 e. The van der Waals surface area contributed by atoms with Crippen LogP contribution in [0, 0.1) is 0 Å². The molecule has 26 heavy (non-hydrogen) atoms. The van der Waals surface area contributed by atoms with E-state index in [9.17, 15) is 4.79 Å². The Balaban J connectivity index is 1.65. The lowest BCUT2D eigenvalue weighted by atomic mass is 10.1. The van der Waals surface area contributed by atoms with E-state index in [-0.39, 0.29) is 18.1 Å². The van der Waals surface area contributed by atoms with Crippen LogP contribution in [0.25, 0.3) is 12.2 Å². The zero-order valence-corrected chi connectivity index (χ0v) is 15.4. The van der Waals surface area contributed by atoms with Crippen LogP contribution in [0.15, 0.2) is 48.5 Å². The van der Waals surface area contributed by atoms with Crippen LogP contribution < -0.4 is 15.4 Å². The summed E-state index contributed by atoms with van der Waals surface area (Å²) in [6.45, 7) is 4.92. The average Bonchev–Trinajstić information content (AvgIpc) is 3.11. The molecule has 4 nitrogen and oxygen atoms in total. The van der Waals surface area contributed by atoms with Crippen molar-refractivity contribution in [1.82, 2.24) is 0 Å². The van der Waals surface area contributed by atoms with Gasteiger partial charge in [-0.15, -0.1) is 0 Å². The highest BCUT2D eigenvalue weighted by Gasteiger charge is 2.28. The molecule has 0 aromatic heterocycles. The highest BCUT2D eigenvalue weighted by molar-refractivity contribution is 5.84. The Morgan fingerprint density at radius 2 is 1.65 bits per heavy atom. The summed E-state index contributed by atoms with van der Waals surface area (Å²) in [5.74, 6) is 0.646. The van der Waals surface area contributed by atoms with Gasteiger partial charge in [-0.3, -0.25) is 4.79 Å². The number of primary amides is 1. The molecule has 3 rings (SSSR count). The summed E-state index contributed by atoms with van der Waals surface area (Å²) >= 11 is 0. The maximum Gasteiger partial charge on any atom is 0.240 e.